The Hall–Kier alpha value is -0.570. The number of amides is 1. The molecule has 106 valence electrons. The maximum atomic E-state index is 12.2. The summed E-state index contributed by atoms with van der Waals surface area (Å²) in [4.78, 5) is 12.2. The summed E-state index contributed by atoms with van der Waals surface area (Å²) in [6.07, 6.45) is 2.95. The van der Waals surface area contributed by atoms with E-state index in [0.717, 1.165) is 19.3 Å². The van der Waals surface area contributed by atoms with Gasteiger partial charge in [0.1, 0.15) is 0 Å². The highest BCUT2D eigenvalue weighted by Gasteiger charge is 2.68. The highest BCUT2D eigenvalue weighted by atomic mass is 16.3. The van der Waals surface area contributed by atoms with Crippen molar-refractivity contribution in [2.45, 2.75) is 53.9 Å². The molecule has 1 amide bonds. The average molecular weight is 255 g/mol. The van der Waals surface area contributed by atoms with Crippen LogP contribution in [0, 0.1) is 22.7 Å². The smallest absolute Gasteiger partial charge is 0.224 e. The van der Waals surface area contributed by atoms with Gasteiger partial charge in [0.15, 0.2) is 0 Å². The van der Waals surface area contributed by atoms with Crippen molar-refractivity contribution in [3.63, 3.8) is 0 Å². The molecule has 1 unspecified atom stereocenters. The molecule has 0 aromatic rings. The molecule has 0 saturated heterocycles. The summed E-state index contributed by atoms with van der Waals surface area (Å²) in [5.41, 5.74) is 0.211. The predicted molar refractivity (Wildman–Crippen MR) is 74.2 cm³/mol. The van der Waals surface area contributed by atoms with Crippen LogP contribution in [0.25, 0.3) is 0 Å². The van der Waals surface area contributed by atoms with E-state index in [9.17, 15) is 4.79 Å². The molecule has 1 aliphatic carbocycles. The Morgan fingerprint density at radius 2 is 1.78 bits per heavy atom. The maximum Gasteiger partial charge on any atom is 0.224 e. The van der Waals surface area contributed by atoms with Gasteiger partial charge < -0.3 is 10.4 Å². The average Bonchev–Trinajstić information content (AvgIpc) is 2.66. The quantitative estimate of drug-likeness (QED) is 0.734. The molecular formula is C15H29NO2. The van der Waals surface area contributed by atoms with Gasteiger partial charge in [-0.25, -0.2) is 0 Å². The Labute approximate surface area is 111 Å². The van der Waals surface area contributed by atoms with Crippen LogP contribution >= 0.6 is 0 Å². The van der Waals surface area contributed by atoms with Crippen LogP contribution in [0.5, 0.6) is 0 Å². The van der Waals surface area contributed by atoms with Crippen molar-refractivity contribution < 1.29 is 9.90 Å². The van der Waals surface area contributed by atoms with Crippen LogP contribution in [0.4, 0.5) is 0 Å². The van der Waals surface area contributed by atoms with Crippen molar-refractivity contribution in [2.24, 2.45) is 22.7 Å². The lowest BCUT2D eigenvalue weighted by atomic mass is 10.00. The normalized spacial score (nSPS) is 22.6. The van der Waals surface area contributed by atoms with Gasteiger partial charge in [-0.05, 0) is 29.6 Å². The van der Waals surface area contributed by atoms with Gasteiger partial charge in [-0.3, -0.25) is 4.79 Å². The molecule has 3 nitrogen and oxygen atoms in total. The molecule has 2 N–H and O–H groups in total. The van der Waals surface area contributed by atoms with E-state index in [1.165, 1.54) is 0 Å². The number of rotatable bonds is 7. The Balaban J connectivity index is 2.42. The third-order valence-corrected chi connectivity index (χ3v) is 5.08. The Morgan fingerprint density at radius 1 is 1.22 bits per heavy atom. The van der Waals surface area contributed by atoms with Gasteiger partial charge in [-0.15, -0.1) is 0 Å². The minimum absolute atomic E-state index is 0.105. The minimum Gasteiger partial charge on any atom is -0.396 e. The third-order valence-electron chi connectivity index (χ3n) is 5.08. The molecule has 0 aromatic carbocycles. The minimum atomic E-state index is 0.105. The SMILES string of the molecule is CCCC(CCO)CNC(=O)C1C(C)(C)C1(C)C. The molecule has 18 heavy (non-hydrogen) atoms. The molecule has 1 rings (SSSR count). The monoisotopic (exact) mass is 255 g/mol. The number of carbonyl (C=O) groups is 1. The first-order valence-corrected chi connectivity index (χ1v) is 7.17. The fourth-order valence-corrected chi connectivity index (χ4v) is 3.14. The van der Waals surface area contributed by atoms with E-state index in [2.05, 4.69) is 39.9 Å². The first-order chi connectivity index (χ1) is 8.29. The molecule has 1 fully saturated rings. The zero-order chi connectivity index (χ0) is 14.0. The maximum absolute atomic E-state index is 12.2. The highest BCUT2D eigenvalue weighted by molar-refractivity contribution is 5.84. The molecule has 1 atom stereocenters. The fraction of sp³-hybridized carbons (Fsp3) is 0.933. The van der Waals surface area contributed by atoms with Gasteiger partial charge in [0.05, 0.1) is 0 Å². The van der Waals surface area contributed by atoms with Crippen LogP contribution in [-0.2, 0) is 4.79 Å². The summed E-state index contributed by atoms with van der Waals surface area (Å²) in [5, 5.41) is 12.1. The van der Waals surface area contributed by atoms with Gasteiger partial charge in [0.2, 0.25) is 5.91 Å². The molecule has 0 aliphatic heterocycles. The van der Waals surface area contributed by atoms with Gasteiger partial charge in [0.25, 0.3) is 0 Å². The molecule has 1 saturated carbocycles. The number of nitrogens with one attached hydrogen (secondary N) is 1. The zero-order valence-corrected chi connectivity index (χ0v) is 12.5. The second-order valence-electron chi connectivity index (χ2n) is 6.79. The topological polar surface area (TPSA) is 49.3 Å². The van der Waals surface area contributed by atoms with Crippen LogP contribution in [0.1, 0.15) is 53.9 Å². The molecule has 1 aliphatic rings. The second-order valence-corrected chi connectivity index (χ2v) is 6.79. The number of hydrogen-bond donors (Lipinski definition) is 2. The van der Waals surface area contributed by atoms with Crippen LogP contribution in [0.3, 0.4) is 0 Å². The van der Waals surface area contributed by atoms with Crippen molar-refractivity contribution >= 4 is 5.91 Å². The number of carbonyl (C=O) groups excluding carboxylic acids is 1. The van der Waals surface area contributed by atoms with Crippen molar-refractivity contribution in [1.82, 2.24) is 5.32 Å². The Bertz CT molecular complexity index is 277. The van der Waals surface area contributed by atoms with Gasteiger partial charge >= 0.3 is 0 Å². The first kappa shape index (κ1) is 15.5. The van der Waals surface area contributed by atoms with E-state index >= 15 is 0 Å². The summed E-state index contributed by atoms with van der Waals surface area (Å²) in [6.45, 7) is 11.7. The summed E-state index contributed by atoms with van der Waals surface area (Å²) in [7, 11) is 0. The first-order valence-electron chi connectivity index (χ1n) is 7.17. The van der Waals surface area contributed by atoms with Crippen LogP contribution in [-0.4, -0.2) is 24.2 Å². The van der Waals surface area contributed by atoms with E-state index in [4.69, 9.17) is 5.11 Å². The van der Waals surface area contributed by atoms with E-state index in [1.54, 1.807) is 0 Å². The zero-order valence-electron chi connectivity index (χ0n) is 12.5. The lowest BCUT2D eigenvalue weighted by Gasteiger charge is -2.16. The molecule has 3 heteroatoms. The van der Waals surface area contributed by atoms with Gasteiger partial charge in [-0.2, -0.15) is 0 Å². The van der Waals surface area contributed by atoms with Crippen molar-refractivity contribution in [3.8, 4) is 0 Å². The lowest BCUT2D eigenvalue weighted by Crippen LogP contribution is -2.32. The van der Waals surface area contributed by atoms with E-state index in [1.807, 2.05) is 0 Å². The van der Waals surface area contributed by atoms with E-state index in [-0.39, 0.29) is 29.3 Å². The standard InChI is InChI=1S/C15H29NO2/c1-6-7-11(8-9-17)10-16-13(18)12-14(2,3)15(12,4)5/h11-12,17H,6-10H2,1-5H3,(H,16,18). The van der Waals surface area contributed by atoms with Crippen molar-refractivity contribution in [3.05, 3.63) is 0 Å². The second kappa shape index (κ2) is 5.60. The van der Waals surface area contributed by atoms with Crippen molar-refractivity contribution in [2.75, 3.05) is 13.2 Å². The lowest BCUT2D eigenvalue weighted by molar-refractivity contribution is -0.123. The number of aliphatic hydroxyl groups is 1. The van der Waals surface area contributed by atoms with Crippen molar-refractivity contribution in [1.29, 1.82) is 0 Å². The Kier molecular flexibility index (Phi) is 4.82. The van der Waals surface area contributed by atoms with Crippen LogP contribution in [0.15, 0.2) is 0 Å². The fourth-order valence-electron chi connectivity index (χ4n) is 3.14. The Morgan fingerprint density at radius 3 is 2.17 bits per heavy atom. The predicted octanol–water partition coefficient (Wildman–Crippen LogP) is 2.58. The molecule has 0 spiro atoms. The summed E-state index contributed by atoms with van der Waals surface area (Å²) >= 11 is 0. The van der Waals surface area contributed by atoms with Gasteiger partial charge in [-0.1, -0.05) is 41.0 Å². The largest absolute Gasteiger partial charge is 0.396 e. The molecule has 0 heterocycles. The highest BCUT2D eigenvalue weighted by Crippen LogP contribution is 2.68. The van der Waals surface area contributed by atoms with Crippen LogP contribution in [0.2, 0.25) is 0 Å². The molecule has 0 aromatic heterocycles. The molecule has 0 bridgehead atoms. The third kappa shape index (κ3) is 2.87. The molecule has 0 radical (unpaired) electrons. The summed E-state index contributed by atoms with van der Waals surface area (Å²) < 4.78 is 0. The van der Waals surface area contributed by atoms with Crippen LogP contribution < -0.4 is 5.32 Å². The summed E-state index contributed by atoms with van der Waals surface area (Å²) in [5.74, 6) is 0.722. The number of hydrogen-bond acceptors (Lipinski definition) is 2. The number of aliphatic hydroxyl groups excluding tert-OH is 1. The van der Waals surface area contributed by atoms with Gasteiger partial charge in [0, 0.05) is 19.1 Å². The van der Waals surface area contributed by atoms with E-state index in [0.29, 0.717) is 12.5 Å². The molecular weight excluding hydrogens is 226 g/mol. The summed E-state index contributed by atoms with van der Waals surface area (Å²) in [6, 6.07) is 0. The van der Waals surface area contributed by atoms with E-state index < -0.39 is 0 Å².